The van der Waals surface area contributed by atoms with E-state index in [1.165, 1.54) is 18.4 Å². The molecule has 1 atom stereocenters. The van der Waals surface area contributed by atoms with E-state index in [4.69, 9.17) is 5.11 Å². The van der Waals surface area contributed by atoms with Crippen molar-refractivity contribution >= 4 is 0 Å². The molecule has 0 aliphatic rings. The quantitative estimate of drug-likeness (QED) is 0.707. The van der Waals surface area contributed by atoms with Crippen molar-refractivity contribution in [2.45, 2.75) is 32.7 Å². The maximum atomic E-state index is 8.94. The second-order valence-electron chi connectivity index (χ2n) is 4.16. The molecular formula is C13H22N2O. The minimum atomic E-state index is 0.291. The summed E-state index contributed by atoms with van der Waals surface area (Å²) in [5.74, 6) is 0.590. The van der Waals surface area contributed by atoms with Gasteiger partial charge in [-0.15, -0.1) is 0 Å². The second-order valence-corrected chi connectivity index (χ2v) is 4.16. The lowest BCUT2D eigenvalue weighted by Gasteiger charge is -2.15. The van der Waals surface area contributed by atoms with Crippen LogP contribution < -0.4 is 5.32 Å². The minimum Gasteiger partial charge on any atom is -0.396 e. The van der Waals surface area contributed by atoms with Gasteiger partial charge in [0.05, 0.1) is 0 Å². The third-order valence-corrected chi connectivity index (χ3v) is 2.72. The van der Waals surface area contributed by atoms with Gasteiger partial charge in [0.1, 0.15) is 0 Å². The van der Waals surface area contributed by atoms with Crippen LogP contribution in [0.3, 0.4) is 0 Å². The number of nitrogens with zero attached hydrogens (tertiary/aromatic N) is 1. The first-order valence-corrected chi connectivity index (χ1v) is 6.07. The molecule has 3 nitrogen and oxygen atoms in total. The molecule has 1 aromatic rings. The predicted octanol–water partition coefficient (Wildman–Crippen LogP) is 1.97. The highest BCUT2D eigenvalue weighted by Crippen LogP contribution is 2.09. The third-order valence-electron chi connectivity index (χ3n) is 2.72. The van der Waals surface area contributed by atoms with E-state index in [9.17, 15) is 0 Å². The Bertz CT molecular complexity index is 258. The average Bonchev–Trinajstić information content (AvgIpc) is 2.31. The van der Waals surface area contributed by atoms with Crippen molar-refractivity contribution in [1.29, 1.82) is 0 Å². The number of pyridine rings is 1. The van der Waals surface area contributed by atoms with Crippen LogP contribution in [0.25, 0.3) is 0 Å². The summed E-state index contributed by atoms with van der Waals surface area (Å²) in [5.41, 5.74) is 1.21. The number of aliphatic hydroxyl groups excluding tert-OH is 1. The van der Waals surface area contributed by atoms with Crippen molar-refractivity contribution < 1.29 is 5.11 Å². The highest BCUT2D eigenvalue weighted by atomic mass is 16.3. The van der Waals surface area contributed by atoms with E-state index in [1.807, 2.05) is 12.3 Å². The highest BCUT2D eigenvalue weighted by molar-refractivity contribution is 5.07. The summed E-state index contributed by atoms with van der Waals surface area (Å²) < 4.78 is 0. The average molecular weight is 222 g/mol. The molecule has 0 saturated carbocycles. The standard InChI is InChI=1S/C13H22N2O/c1-2-4-12(6-8-16)9-15-11-13-5-3-7-14-10-13/h3,5,7,10,12,15-16H,2,4,6,8-9,11H2,1H3. The summed E-state index contributed by atoms with van der Waals surface area (Å²) >= 11 is 0. The molecule has 1 unspecified atom stereocenters. The lowest BCUT2D eigenvalue weighted by atomic mass is 10.0. The second kappa shape index (κ2) is 8.25. The van der Waals surface area contributed by atoms with Crippen LogP contribution in [0.2, 0.25) is 0 Å². The van der Waals surface area contributed by atoms with E-state index in [-0.39, 0.29) is 0 Å². The molecule has 3 heteroatoms. The van der Waals surface area contributed by atoms with Gasteiger partial charge in [0.25, 0.3) is 0 Å². The van der Waals surface area contributed by atoms with Crippen LogP contribution >= 0.6 is 0 Å². The summed E-state index contributed by atoms with van der Waals surface area (Å²) in [6.07, 6.45) is 6.93. The van der Waals surface area contributed by atoms with E-state index in [1.54, 1.807) is 6.20 Å². The van der Waals surface area contributed by atoms with Gasteiger partial charge in [0.2, 0.25) is 0 Å². The van der Waals surface area contributed by atoms with E-state index in [2.05, 4.69) is 23.3 Å². The van der Waals surface area contributed by atoms with Crippen LogP contribution in [0.1, 0.15) is 31.7 Å². The monoisotopic (exact) mass is 222 g/mol. The molecule has 0 spiro atoms. The SMILES string of the molecule is CCCC(CCO)CNCc1cccnc1. The van der Waals surface area contributed by atoms with Crippen molar-refractivity contribution in [3.8, 4) is 0 Å². The van der Waals surface area contributed by atoms with Gasteiger partial charge in [-0.1, -0.05) is 19.4 Å². The Hall–Kier alpha value is -0.930. The Morgan fingerprint density at radius 3 is 2.94 bits per heavy atom. The first-order valence-electron chi connectivity index (χ1n) is 6.07. The Morgan fingerprint density at radius 1 is 1.44 bits per heavy atom. The minimum absolute atomic E-state index is 0.291. The zero-order valence-corrected chi connectivity index (χ0v) is 10.0. The number of hydrogen-bond donors (Lipinski definition) is 2. The van der Waals surface area contributed by atoms with Crippen molar-refractivity contribution in [2.75, 3.05) is 13.2 Å². The zero-order chi connectivity index (χ0) is 11.6. The predicted molar refractivity (Wildman–Crippen MR) is 66.0 cm³/mol. The first kappa shape index (κ1) is 13.1. The molecular weight excluding hydrogens is 200 g/mol. The number of aromatic nitrogens is 1. The van der Waals surface area contributed by atoms with E-state index in [0.717, 1.165) is 19.5 Å². The molecule has 0 saturated heterocycles. The van der Waals surface area contributed by atoms with Gasteiger partial charge in [-0.2, -0.15) is 0 Å². The summed E-state index contributed by atoms with van der Waals surface area (Å²) in [7, 11) is 0. The molecule has 0 bridgehead atoms. The van der Waals surface area contributed by atoms with Gasteiger partial charge < -0.3 is 10.4 Å². The van der Waals surface area contributed by atoms with Crippen LogP contribution in [0.15, 0.2) is 24.5 Å². The Morgan fingerprint density at radius 2 is 2.31 bits per heavy atom. The molecule has 1 heterocycles. The van der Waals surface area contributed by atoms with Gasteiger partial charge in [0, 0.05) is 25.5 Å². The molecule has 1 aromatic heterocycles. The van der Waals surface area contributed by atoms with Gasteiger partial charge >= 0.3 is 0 Å². The van der Waals surface area contributed by atoms with Crippen LogP contribution in [0.4, 0.5) is 0 Å². The van der Waals surface area contributed by atoms with Crippen LogP contribution in [-0.2, 0) is 6.54 Å². The lowest BCUT2D eigenvalue weighted by Crippen LogP contribution is -2.23. The Kier molecular flexibility index (Phi) is 6.77. The summed E-state index contributed by atoms with van der Waals surface area (Å²) in [4.78, 5) is 4.08. The number of aliphatic hydroxyl groups is 1. The number of hydrogen-bond acceptors (Lipinski definition) is 3. The van der Waals surface area contributed by atoms with Crippen molar-refractivity contribution in [2.24, 2.45) is 5.92 Å². The first-order chi connectivity index (χ1) is 7.86. The third kappa shape index (κ3) is 5.24. The van der Waals surface area contributed by atoms with E-state index in [0.29, 0.717) is 12.5 Å². The van der Waals surface area contributed by atoms with E-state index < -0.39 is 0 Å². The smallest absolute Gasteiger partial charge is 0.0434 e. The molecule has 90 valence electrons. The van der Waals surface area contributed by atoms with Crippen molar-refractivity contribution in [3.63, 3.8) is 0 Å². The number of nitrogens with one attached hydrogen (secondary N) is 1. The van der Waals surface area contributed by atoms with Crippen LogP contribution in [0.5, 0.6) is 0 Å². The van der Waals surface area contributed by atoms with Crippen molar-refractivity contribution in [3.05, 3.63) is 30.1 Å². The van der Waals surface area contributed by atoms with Gasteiger partial charge in [-0.25, -0.2) is 0 Å². The van der Waals surface area contributed by atoms with Crippen LogP contribution in [-0.4, -0.2) is 23.2 Å². The van der Waals surface area contributed by atoms with Gasteiger partial charge in [0.15, 0.2) is 0 Å². The van der Waals surface area contributed by atoms with Gasteiger partial charge in [-0.3, -0.25) is 4.98 Å². The number of rotatable bonds is 8. The molecule has 0 radical (unpaired) electrons. The van der Waals surface area contributed by atoms with Crippen LogP contribution in [0, 0.1) is 5.92 Å². The zero-order valence-electron chi connectivity index (χ0n) is 10.0. The highest BCUT2D eigenvalue weighted by Gasteiger charge is 2.06. The summed E-state index contributed by atoms with van der Waals surface area (Å²) in [6, 6.07) is 4.02. The molecule has 1 rings (SSSR count). The molecule has 16 heavy (non-hydrogen) atoms. The fourth-order valence-electron chi connectivity index (χ4n) is 1.86. The molecule has 2 N–H and O–H groups in total. The topological polar surface area (TPSA) is 45.1 Å². The Labute approximate surface area is 97.9 Å². The molecule has 0 amide bonds. The molecule has 0 aliphatic carbocycles. The Balaban J connectivity index is 2.22. The maximum absolute atomic E-state index is 8.94. The largest absolute Gasteiger partial charge is 0.396 e. The van der Waals surface area contributed by atoms with Crippen molar-refractivity contribution in [1.82, 2.24) is 10.3 Å². The van der Waals surface area contributed by atoms with E-state index >= 15 is 0 Å². The maximum Gasteiger partial charge on any atom is 0.0434 e. The van der Waals surface area contributed by atoms with Gasteiger partial charge in [-0.05, 0) is 36.9 Å². The normalized spacial score (nSPS) is 12.6. The summed E-state index contributed by atoms with van der Waals surface area (Å²) in [5, 5.41) is 12.4. The fraction of sp³-hybridized carbons (Fsp3) is 0.615. The lowest BCUT2D eigenvalue weighted by molar-refractivity contribution is 0.248. The summed E-state index contributed by atoms with van der Waals surface area (Å²) in [6.45, 7) is 4.31. The molecule has 0 aliphatic heterocycles. The fourth-order valence-corrected chi connectivity index (χ4v) is 1.86. The molecule has 0 aromatic carbocycles. The molecule has 0 fully saturated rings.